The van der Waals surface area contributed by atoms with Crippen molar-refractivity contribution in [2.75, 3.05) is 18.0 Å². The van der Waals surface area contributed by atoms with Gasteiger partial charge in [-0.1, -0.05) is 0 Å². The number of piperidine rings is 1. The van der Waals surface area contributed by atoms with Gasteiger partial charge >= 0.3 is 0 Å². The highest BCUT2D eigenvalue weighted by Gasteiger charge is 2.41. The lowest BCUT2D eigenvalue weighted by atomic mass is 10.0. The molecule has 0 bridgehead atoms. The summed E-state index contributed by atoms with van der Waals surface area (Å²) in [6.07, 6.45) is 7.21. The van der Waals surface area contributed by atoms with Gasteiger partial charge in [0.05, 0.1) is 18.0 Å². The zero-order chi connectivity index (χ0) is 18.4. The normalized spacial score (nSPS) is 20.2. The molecular weight excluding hydrogens is 343 g/mol. The zero-order valence-electron chi connectivity index (χ0n) is 15.5. The highest BCUT2D eigenvalue weighted by atomic mass is 19.1. The van der Waals surface area contributed by atoms with Crippen LogP contribution in [0.5, 0.6) is 5.75 Å². The lowest BCUT2D eigenvalue weighted by Crippen LogP contribution is -2.30. The largest absolute Gasteiger partial charge is 0.484 e. The minimum atomic E-state index is -0.310. The van der Waals surface area contributed by atoms with Gasteiger partial charge in [-0.05, 0) is 56.7 Å². The summed E-state index contributed by atoms with van der Waals surface area (Å²) in [5, 5.41) is 0. The van der Waals surface area contributed by atoms with Crippen molar-refractivity contribution < 1.29 is 9.13 Å². The van der Waals surface area contributed by atoms with Crippen molar-refractivity contribution in [2.24, 2.45) is 4.99 Å². The number of rotatable bonds is 4. The van der Waals surface area contributed by atoms with E-state index in [-0.39, 0.29) is 11.4 Å². The fourth-order valence-corrected chi connectivity index (χ4v) is 3.81. The zero-order valence-corrected chi connectivity index (χ0v) is 15.5. The highest BCUT2D eigenvalue weighted by molar-refractivity contribution is 6.14. The first-order valence-electron chi connectivity index (χ1n) is 9.75. The van der Waals surface area contributed by atoms with Gasteiger partial charge < -0.3 is 9.64 Å². The van der Waals surface area contributed by atoms with E-state index in [1.54, 1.807) is 18.5 Å². The molecule has 1 aromatic carbocycles. The molecule has 5 nitrogen and oxygen atoms in total. The molecule has 3 heterocycles. The average molecular weight is 366 g/mol. The van der Waals surface area contributed by atoms with Gasteiger partial charge in [0.15, 0.2) is 11.6 Å². The second kappa shape index (κ2) is 6.29. The van der Waals surface area contributed by atoms with Gasteiger partial charge in [-0.15, -0.1) is 0 Å². The number of aromatic nitrogens is 2. The molecule has 6 heteroatoms. The second-order valence-electron chi connectivity index (χ2n) is 7.97. The highest BCUT2D eigenvalue weighted by Crippen LogP contribution is 2.41. The maximum absolute atomic E-state index is 14.4. The standard InChI is InChI=1S/C21H23FN4O/c1-21(5-6-21)27-18-10-15-14(9-16(18)22)12-23-20(15)17-11-19(25-13-24-17)26-7-3-2-4-8-26/h9-11,13H,2-8,12H2,1H3. The van der Waals surface area contributed by atoms with Gasteiger partial charge in [0.25, 0.3) is 0 Å². The molecule has 0 spiro atoms. The summed E-state index contributed by atoms with van der Waals surface area (Å²) in [5.41, 5.74) is 3.17. The Labute approximate surface area is 158 Å². The van der Waals surface area contributed by atoms with Gasteiger partial charge in [-0.25, -0.2) is 14.4 Å². The average Bonchev–Trinajstić information content (AvgIpc) is 3.28. The molecule has 1 saturated carbocycles. The van der Waals surface area contributed by atoms with Crippen molar-refractivity contribution in [3.63, 3.8) is 0 Å². The Hall–Kier alpha value is -2.50. The Bertz CT molecular complexity index is 916. The number of hydrogen-bond acceptors (Lipinski definition) is 5. The maximum Gasteiger partial charge on any atom is 0.165 e. The number of anilines is 1. The van der Waals surface area contributed by atoms with E-state index < -0.39 is 0 Å². The van der Waals surface area contributed by atoms with Crippen molar-refractivity contribution >= 4 is 11.5 Å². The lowest BCUT2D eigenvalue weighted by Gasteiger charge is -2.27. The summed E-state index contributed by atoms with van der Waals surface area (Å²) < 4.78 is 20.3. The number of nitrogens with zero attached hydrogens (tertiary/aromatic N) is 4. The van der Waals surface area contributed by atoms with E-state index in [2.05, 4.69) is 19.9 Å². The minimum absolute atomic E-state index is 0.221. The molecule has 1 aliphatic carbocycles. The number of aliphatic imine (C=N–C) groups is 1. The summed E-state index contributed by atoms with van der Waals surface area (Å²) in [6.45, 7) is 4.55. The molecule has 0 N–H and O–H groups in total. The van der Waals surface area contributed by atoms with Gasteiger partial charge in [0, 0.05) is 24.7 Å². The van der Waals surface area contributed by atoms with E-state index in [9.17, 15) is 4.39 Å². The Morgan fingerprint density at radius 1 is 1.07 bits per heavy atom. The van der Waals surface area contributed by atoms with Crippen LogP contribution in [0.2, 0.25) is 0 Å². The van der Waals surface area contributed by atoms with Crippen LogP contribution >= 0.6 is 0 Å². The fourth-order valence-electron chi connectivity index (χ4n) is 3.81. The minimum Gasteiger partial charge on any atom is -0.484 e. The molecule has 1 aromatic heterocycles. The lowest BCUT2D eigenvalue weighted by molar-refractivity contribution is 0.191. The summed E-state index contributed by atoms with van der Waals surface area (Å²) in [6, 6.07) is 5.35. The topological polar surface area (TPSA) is 50.6 Å². The number of halogens is 1. The van der Waals surface area contributed by atoms with Crippen LogP contribution in [-0.4, -0.2) is 34.4 Å². The molecule has 3 aliphatic rings. The molecule has 140 valence electrons. The Kier molecular flexibility index (Phi) is 3.88. The first-order valence-corrected chi connectivity index (χ1v) is 9.75. The van der Waals surface area contributed by atoms with Crippen LogP contribution < -0.4 is 9.64 Å². The Balaban J connectivity index is 1.47. The molecule has 2 fully saturated rings. The quantitative estimate of drug-likeness (QED) is 0.824. The first kappa shape index (κ1) is 16.7. The molecule has 2 aliphatic heterocycles. The summed E-state index contributed by atoms with van der Waals surface area (Å²) in [7, 11) is 0. The predicted octanol–water partition coefficient (Wildman–Crippen LogP) is 3.89. The molecule has 0 amide bonds. The molecule has 1 saturated heterocycles. The van der Waals surface area contributed by atoms with Gasteiger partial charge in [0.2, 0.25) is 0 Å². The number of hydrogen-bond donors (Lipinski definition) is 0. The summed E-state index contributed by atoms with van der Waals surface area (Å²) >= 11 is 0. The van der Waals surface area contributed by atoms with Crippen LogP contribution in [0.1, 0.15) is 55.8 Å². The van der Waals surface area contributed by atoms with Crippen LogP contribution in [0.25, 0.3) is 0 Å². The number of ether oxygens (including phenoxy) is 1. The molecule has 2 aromatic rings. The van der Waals surface area contributed by atoms with Crippen LogP contribution in [0.4, 0.5) is 10.2 Å². The predicted molar refractivity (Wildman–Crippen MR) is 102 cm³/mol. The van der Waals surface area contributed by atoms with Crippen LogP contribution in [-0.2, 0) is 6.54 Å². The van der Waals surface area contributed by atoms with Crippen molar-refractivity contribution in [3.05, 3.63) is 47.2 Å². The van der Waals surface area contributed by atoms with Gasteiger partial charge in [0.1, 0.15) is 17.7 Å². The number of benzene rings is 1. The van der Waals surface area contributed by atoms with E-state index in [1.165, 1.54) is 19.3 Å². The first-order chi connectivity index (χ1) is 13.1. The third-order valence-corrected chi connectivity index (χ3v) is 5.71. The van der Waals surface area contributed by atoms with E-state index >= 15 is 0 Å². The SMILES string of the molecule is CC1(Oc2cc3c(cc2F)CN=C3c2cc(N3CCCCC3)ncn2)CC1. The van der Waals surface area contributed by atoms with Crippen LogP contribution in [0, 0.1) is 5.82 Å². The maximum atomic E-state index is 14.4. The van der Waals surface area contributed by atoms with Crippen molar-refractivity contribution in [1.82, 2.24) is 9.97 Å². The van der Waals surface area contributed by atoms with Crippen molar-refractivity contribution in [3.8, 4) is 5.75 Å². The van der Waals surface area contributed by atoms with Crippen molar-refractivity contribution in [2.45, 2.75) is 51.2 Å². The van der Waals surface area contributed by atoms with E-state index in [0.29, 0.717) is 12.3 Å². The second-order valence-corrected chi connectivity index (χ2v) is 7.97. The monoisotopic (exact) mass is 366 g/mol. The van der Waals surface area contributed by atoms with Crippen LogP contribution in [0.15, 0.2) is 29.5 Å². The van der Waals surface area contributed by atoms with Gasteiger partial charge in [-0.2, -0.15) is 0 Å². The smallest absolute Gasteiger partial charge is 0.165 e. The summed E-state index contributed by atoms with van der Waals surface area (Å²) in [5.74, 6) is 0.948. The Morgan fingerprint density at radius 3 is 2.67 bits per heavy atom. The molecule has 0 unspecified atom stereocenters. The molecular formula is C21H23FN4O. The fraction of sp³-hybridized carbons (Fsp3) is 0.476. The van der Waals surface area contributed by atoms with Gasteiger partial charge in [-0.3, -0.25) is 4.99 Å². The van der Waals surface area contributed by atoms with E-state index in [1.807, 2.05) is 13.0 Å². The van der Waals surface area contributed by atoms with Crippen molar-refractivity contribution in [1.29, 1.82) is 0 Å². The van der Waals surface area contributed by atoms with E-state index in [4.69, 9.17) is 4.74 Å². The van der Waals surface area contributed by atoms with E-state index in [0.717, 1.165) is 54.3 Å². The summed E-state index contributed by atoms with van der Waals surface area (Å²) in [4.78, 5) is 15.8. The Morgan fingerprint density at radius 2 is 1.89 bits per heavy atom. The van der Waals surface area contributed by atoms with Crippen LogP contribution in [0.3, 0.4) is 0 Å². The molecule has 0 atom stereocenters. The third kappa shape index (κ3) is 3.17. The molecule has 27 heavy (non-hydrogen) atoms. The molecule has 0 radical (unpaired) electrons. The third-order valence-electron chi connectivity index (χ3n) is 5.71. The number of fused-ring (bicyclic) bond motifs is 1. The molecule has 5 rings (SSSR count).